The van der Waals surface area contributed by atoms with Crippen LogP contribution in [-0.4, -0.2) is 29.9 Å². The normalized spacial score (nSPS) is 14.4. The van der Waals surface area contributed by atoms with Crippen molar-refractivity contribution in [3.63, 3.8) is 0 Å². The van der Waals surface area contributed by atoms with E-state index in [9.17, 15) is 0 Å². The van der Waals surface area contributed by atoms with E-state index in [1.807, 2.05) is 78.3 Å². The maximum absolute atomic E-state index is 5.43. The highest BCUT2D eigenvalue weighted by molar-refractivity contribution is 7.99. The second kappa shape index (κ2) is 23.2. The van der Waals surface area contributed by atoms with Gasteiger partial charge in [0.05, 0.1) is 45.0 Å². The molecular weight excluding hydrogens is 1250 g/mol. The maximum Gasteiger partial charge on any atom is 0.179 e. The number of pyridine rings is 2. The summed E-state index contributed by atoms with van der Waals surface area (Å²) in [5.74, 6) is 1.17. The van der Waals surface area contributed by atoms with Crippen molar-refractivity contribution in [1.29, 1.82) is 0 Å². The van der Waals surface area contributed by atoms with Crippen molar-refractivity contribution >= 4 is 23.5 Å². The summed E-state index contributed by atoms with van der Waals surface area (Å²) >= 11 is 3.69. The number of aromatic nitrogens is 6. The highest BCUT2D eigenvalue weighted by Crippen LogP contribution is 2.65. The largest absolute Gasteiger partial charge is 0.255 e. The van der Waals surface area contributed by atoms with E-state index in [1.165, 1.54) is 86.3 Å². The average Bonchev–Trinajstić information content (AvgIpc) is 1.49. The van der Waals surface area contributed by atoms with Crippen LogP contribution < -0.4 is 0 Å². The van der Waals surface area contributed by atoms with Crippen molar-refractivity contribution in [3.8, 4) is 124 Å². The van der Waals surface area contributed by atoms with Crippen LogP contribution in [0.3, 0.4) is 0 Å². The number of benzene rings is 12. The Balaban J connectivity index is 0.677. The molecule has 12 aromatic carbocycles. The Morgan fingerprint density at radius 3 is 1.10 bits per heavy atom. The lowest BCUT2D eigenvalue weighted by Crippen LogP contribution is -2.32. The Labute approximate surface area is 588 Å². The van der Waals surface area contributed by atoms with Crippen molar-refractivity contribution < 1.29 is 0 Å². The van der Waals surface area contributed by atoms with E-state index < -0.39 is 10.8 Å². The second-order valence-corrected chi connectivity index (χ2v) is 28.1. The third-order valence-corrected chi connectivity index (χ3v) is 22.8. The first-order chi connectivity index (χ1) is 49.5. The molecule has 466 valence electrons. The van der Waals surface area contributed by atoms with E-state index in [0.717, 1.165) is 84.2 Å². The minimum atomic E-state index is -0.667. The summed E-state index contributed by atoms with van der Waals surface area (Å²) in [4.78, 5) is 36.7. The lowest BCUT2D eigenvalue weighted by atomic mass is 9.66. The van der Waals surface area contributed by atoms with Gasteiger partial charge in [0.2, 0.25) is 0 Å². The molecular formula is C92H56N6S2. The van der Waals surface area contributed by atoms with Gasteiger partial charge < -0.3 is 0 Å². The molecule has 0 bridgehead atoms. The van der Waals surface area contributed by atoms with Crippen LogP contribution in [0.25, 0.3) is 124 Å². The summed E-state index contributed by atoms with van der Waals surface area (Å²) in [6.45, 7) is 0. The fourth-order valence-electron chi connectivity index (χ4n) is 16.1. The van der Waals surface area contributed by atoms with Gasteiger partial charge in [0.25, 0.3) is 0 Å². The first-order valence-corrected chi connectivity index (χ1v) is 35.4. The smallest absolute Gasteiger partial charge is 0.179 e. The van der Waals surface area contributed by atoms with E-state index in [-0.39, 0.29) is 0 Å². The Morgan fingerprint density at radius 2 is 0.560 bits per heavy atom. The van der Waals surface area contributed by atoms with Gasteiger partial charge in [-0.2, -0.15) is 0 Å². The molecule has 0 amide bonds. The summed E-state index contributed by atoms with van der Waals surface area (Å²) in [6, 6.07) is 120. The van der Waals surface area contributed by atoms with Crippen LogP contribution in [0.1, 0.15) is 44.5 Å². The molecule has 0 fully saturated rings. The molecule has 1 atom stereocenters. The van der Waals surface area contributed by atoms with Gasteiger partial charge in [-0.15, -0.1) is 0 Å². The zero-order chi connectivity index (χ0) is 65.9. The molecule has 2 aliphatic heterocycles. The molecule has 1 unspecified atom stereocenters. The zero-order valence-electron chi connectivity index (χ0n) is 53.8. The van der Waals surface area contributed by atoms with Crippen LogP contribution in [0.4, 0.5) is 0 Å². The first-order valence-electron chi connectivity index (χ1n) is 33.8. The standard InChI is InChI=1S/C92H56N6S2/c1-4-22-57(23-5-1)81-55-84(96-89(95-81)65-43-47-78(93-56-65)63-44-48-87-76(52-63)91(73-36-16-18-40-85(73)99-87)70-33-13-10-30-66(70)67-31-11-14-34-71(67)91)62-29-20-28-60(50-62)61-42-46-69-68-32-12-15-35-72(68)92(75(69)51-61)74-37-17-19-41-86(74)100-88-49-45-64(53-77(88)92)79-38-21-39-80(94-79)90-97-82(58-24-6-2-7-25-58)54-83(98-90)59-26-8-3-9-27-59/h1-56H. The highest BCUT2D eigenvalue weighted by Gasteiger charge is 2.52. The molecule has 100 heavy (non-hydrogen) atoms. The molecule has 0 saturated heterocycles. The topological polar surface area (TPSA) is 77.3 Å². The predicted octanol–water partition coefficient (Wildman–Crippen LogP) is 22.7. The van der Waals surface area contributed by atoms with E-state index in [0.29, 0.717) is 17.3 Å². The first kappa shape index (κ1) is 58.0. The molecule has 2 spiro atoms. The lowest BCUT2D eigenvalue weighted by molar-refractivity contribution is 0.722. The summed E-state index contributed by atoms with van der Waals surface area (Å²) in [5.41, 5.74) is 28.9. The predicted molar refractivity (Wildman–Crippen MR) is 405 cm³/mol. The minimum Gasteiger partial charge on any atom is -0.255 e. The van der Waals surface area contributed by atoms with Crippen LogP contribution in [0.5, 0.6) is 0 Å². The van der Waals surface area contributed by atoms with E-state index >= 15 is 0 Å². The summed E-state index contributed by atoms with van der Waals surface area (Å²) < 4.78 is 0. The quantitative estimate of drug-likeness (QED) is 0.141. The molecule has 16 aromatic rings. The Kier molecular flexibility index (Phi) is 13.5. The molecule has 6 heterocycles. The monoisotopic (exact) mass is 1310 g/mol. The van der Waals surface area contributed by atoms with Gasteiger partial charge in [-0.25, -0.2) is 24.9 Å². The minimum absolute atomic E-state index is 0.482. The SMILES string of the molecule is c1ccc(-c2cc(-c3cccc(-c4ccc5c(c4)C4(c6ccccc6Sc6ccc(-c7cccc(-c8nc(-c9ccccc9)cc(-c9ccccc9)n8)n7)cc64)c4ccccc4-5)c3)nc(-c3ccc(-c4ccc5c(c4)C4(c6ccccc6S5)c5ccccc5-c5ccccc54)nc3)n2)cc1. The van der Waals surface area contributed by atoms with Crippen LogP contribution in [0, 0.1) is 0 Å². The molecule has 2 aliphatic carbocycles. The fraction of sp³-hybridized carbons (Fsp3) is 0.0217. The van der Waals surface area contributed by atoms with E-state index in [2.05, 4.69) is 285 Å². The van der Waals surface area contributed by atoms with Crippen molar-refractivity contribution in [1.82, 2.24) is 29.9 Å². The van der Waals surface area contributed by atoms with Crippen molar-refractivity contribution in [2.75, 3.05) is 0 Å². The molecule has 6 nitrogen and oxygen atoms in total. The van der Waals surface area contributed by atoms with Gasteiger partial charge in [-0.3, -0.25) is 4.98 Å². The highest BCUT2D eigenvalue weighted by atomic mass is 32.2. The van der Waals surface area contributed by atoms with Gasteiger partial charge in [-0.05, 0) is 163 Å². The van der Waals surface area contributed by atoms with Crippen molar-refractivity contribution in [3.05, 3.63) is 384 Å². The van der Waals surface area contributed by atoms with Crippen LogP contribution >= 0.6 is 23.5 Å². The lowest BCUT2D eigenvalue weighted by Gasteiger charge is -2.40. The van der Waals surface area contributed by atoms with E-state index in [4.69, 9.17) is 29.9 Å². The number of rotatable bonds is 9. The molecule has 20 rings (SSSR count). The van der Waals surface area contributed by atoms with Gasteiger partial charge in [0, 0.05) is 64.7 Å². The Bertz CT molecular complexity index is 5890. The van der Waals surface area contributed by atoms with Gasteiger partial charge in [0.15, 0.2) is 11.6 Å². The Hall–Kier alpha value is -12.2. The number of nitrogens with zero attached hydrogens (tertiary/aromatic N) is 6. The van der Waals surface area contributed by atoms with Crippen LogP contribution in [0.2, 0.25) is 0 Å². The Morgan fingerprint density at radius 1 is 0.190 bits per heavy atom. The zero-order valence-corrected chi connectivity index (χ0v) is 55.5. The molecule has 4 aromatic heterocycles. The molecule has 0 saturated carbocycles. The van der Waals surface area contributed by atoms with Crippen molar-refractivity contribution in [2.45, 2.75) is 30.4 Å². The van der Waals surface area contributed by atoms with Gasteiger partial charge in [0.1, 0.15) is 5.69 Å². The van der Waals surface area contributed by atoms with Gasteiger partial charge in [-0.1, -0.05) is 272 Å². The number of hydrogen-bond donors (Lipinski definition) is 0. The maximum atomic E-state index is 5.43. The number of fused-ring (bicyclic) bond motifs is 18. The van der Waals surface area contributed by atoms with E-state index in [1.54, 1.807) is 0 Å². The summed E-state index contributed by atoms with van der Waals surface area (Å²) in [7, 11) is 0. The molecule has 8 heteroatoms. The van der Waals surface area contributed by atoms with Crippen molar-refractivity contribution in [2.24, 2.45) is 0 Å². The fourth-order valence-corrected chi connectivity index (χ4v) is 18.4. The van der Waals surface area contributed by atoms with Gasteiger partial charge >= 0.3 is 0 Å². The third-order valence-electron chi connectivity index (χ3n) is 20.5. The summed E-state index contributed by atoms with van der Waals surface area (Å²) in [6.07, 6.45) is 1.94. The third kappa shape index (κ3) is 9.14. The molecule has 0 N–H and O–H groups in total. The summed E-state index contributed by atoms with van der Waals surface area (Å²) in [5, 5.41) is 0. The molecule has 4 aliphatic rings. The second-order valence-electron chi connectivity index (χ2n) is 26.0. The average molecular weight is 1310 g/mol. The number of hydrogen-bond acceptors (Lipinski definition) is 8. The molecule has 0 radical (unpaired) electrons. The van der Waals surface area contributed by atoms with Crippen LogP contribution in [-0.2, 0) is 10.8 Å². The van der Waals surface area contributed by atoms with Crippen LogP contribution in [0.15, 0.2) is 359 Å².